The Morgan fingerprint density at radius 3 is 2.92 bits per heavy atom. The van der Waals surface area contributed by atoms with E-state index in [0.717, 1.165) is 0 Å². The molecule has 0 bridgehead atoms. The molecule has 3 aromatic heterocycles. The lowest BCUT2D eigenvalue weighted by molar-refractivity contribution is 0.174. The predicted octanol–water partition coefficient (Wildman–Crippen LogP) is 2.35. The van der Waals surface area contributed by atoms with Gasteiger partial charge in [-0.15, -0.1) is 5.10 Å². The lowest BCUT2D eigenvalue weighted by atomic mass is 9.83. The van der Waals surface area contributed by atoms with Gasteiger partial charge in [0, 0.05) is 18.2 Å². The van der Waals surface area contributed by atoms with E-state index in [4.69, 9.17) is 15.2 Å². The zero-order valence-electron chi connectivity index (χ0n) is 12.9. The summed E-state index contributed by atoms with van der Waals surface area (Å²) >= 11 is 0. The van der Waals surface area contributed by atoms with Crippen molar-refractivity contribution in [3.8, 4) is 17.5 Å². The van der Waals surface area contributed by atoms with Crippen LogP contribution in [-0.4, -0.2) is 38.4 Å². The van der Waals surface area contributed by atoms with E-state index in [2.05, 4.69) is 25.1 Å². The van der Waals surface area contributed by atoms with Crippen LogP contribution in [0.4, 0.5) is 10.2 Å². The van der Waals surface area contributed by atoms with Crippen LogP contribution in [0, 0.1) is 0 Å². The Kier molecular flexibility index (Phi) is 3.40. The number of halogens is 1. The van der Waals surface area contributed by atoms with Crippen LogP contribution in [0.5, 0.6) is 17.5 Å². The molecule has 1 aliphatic carbocycles. The molecule has 3 N–H and O–H groups in total. The second-order valence-corrected chi connectivity index (χ2v) is 5.62. The van der Waals surface area contributed by atoms with Gasteiger partial charge in [0.05, 0.1) is 7.11 Å². The van der Waals surface area contributed by atoms with Crippen molar-refractivity contribution < 1.29 is 13.9 Å². The van der Waals surface area contributed by atoms with Crippen LogP contribution in [0.3, 0.4) is 0 Å². The number of aromatic nitrogens is 5. The summed E-state index contributed by atoms with van der Waals surface area (Å²) in [6.45, 7) is 0. The maximum absolute atomic E-state index is 13.0. The molecule has 0 aliphatic heterocycles. The van der Waals surface area contributed by atoms with E-state index in [0.29, 0.717) is 41.3 Å². The molecule has 0 unspecified atom stereocenters. The van der Waals surface area contributed by atoms with Gasteiger partial charge < -0.3 is 15.2 Å². The van der Waals surface area contributed by atoms with E-state index in [1.54, 1.807) is 25.4 Å². The molecule has 24 heavy (non-hydrogen) atoms. The molecule has 8 nitrogen and oxygen atoms in total. The van der Waals surface area contributed by atoms with Crippen LogP contribution in [0.15, 0.2) is 18.3 Å². The fourth-order valence-electron chi connectivity index (χ4n) is 2.64. The summed E-state index contributed by atoms with van der Waals surface area (Å²) in [5, 5.41) is 7.33. The van der Waals surface area contributed by atoms with Gasteiger partial charge in [-0.2, -0.15) is 0 Å². The van der Waals surface area contributed by atoms with Crippen molar-refractivity contribution in [2.75, 3.05) is 12.8 Å². The Morgan fingerprint density at radius 1 is 1.33 bits per heavy atom. The molecule has 1 fully saturated rings. The van der Waals surface area contributed by atoms with Gasteiger partial charge in [0.15, 0.2) is 5.65 Å². The molecule has 3 heterocycles. The average Bonchev–Trinajstić information content (AvgIpc) is 2.95. The molecule has 3 aromatic rings. The lowest BCUT2D eigenvalue weighted by Crippen LogP contribution is -2.24. The maximum Gasteiger partial charge on any atom is 0.253 e. The normalized spacial score (nSPS) is 19.9. The van der Waals surface area contributed by atoms with Crippen molar-refractivity contribution >= 4 is 16.9 Å². The fraction of sp³-hybridized carbons (Fsp3) is 0.333. The molecular formula is C15H15FN6O2. The number of pyridine rings is 1. The van der Waals surface area contributed by atoms with Crippen molar-refractivity contribution in [1.82, 2.24) is 25.1 Å². The van der Waals surface area contributed by atoms with Gasteiger partial charge in [-0.1, -0.05) is 0 Å². The van der Waals surface area contributed by atoms with E-state index in [1.807, 2.05) is 0 Å². The number of fused-ring (bicyclic) bond motifs is 1. The second-order valence-electron chi connectivity index (χ2n) is 5.62. The molecule has 4 rings (SSSR count). The number of hydrogen-bond acceptors (Lipinski definition) is 7. The smallest absolute Gasteiger partial charge is 0.253 e. The molecule has 1 saturated carbocycles. The van der Waals surface area contributed by atoms with Gasteiger partial charge in [0.1, 0.15) is 28.9 Å². The summed E-state index contributed by atoms with van der Waals surface area (Å²) in [5.74, 6) is 1.92. The van der Waals surface area contributed by atoms with Gasteiger partial charge in [0.2, 0.25) is 5.88 Å². The fourth-order valence-corrected chi connectivity index (χ4v) is 2.64. The van der Waals surface area contributed by atoms with Gasteiger partial charge in [0.25, 0.3) is 5.88 Å². The number of ether oxygens (including phenoxy) is 2. The quantitative estimate of drug-likeness (QED) is 0.755. The third-order valence-electron chi connectivity index (χ3n) is 4.02. The number of nitrogens with two attached hydrogens (primary N) is 1. The number of aromatic amines is 1. The second kappa shape index (κ2) is 5.59. The van der Waals surface area contributed by atoms with E-state index < -0.39 is 6.17 Å². The first-order valence-electron chi connectivity index (χ1n) is 7.47. The number of nitrogens with zero attached hydrogens (tertiary/aromatic N) is 4. The first kappa shape index (κ1) is 14.6. The van der Waals surface area contributed by atoms with E-state index in [-0.39, 0.29) is 17.6 Å². The van der Waals surface area contributed by atoms with Crippen LogP contribution >= 0.6 is 0 Å². The monoisotopic (exact) mass is 330 g/mol. The summed E-state index contributed by atoms with van der Waals surface area (Å²) in [7, 11) is 1.55. The van der Waals surface area contributed by atoms with Gasteiger partial charge in [-0.05, 0) is 18.9 Å². The highest BCUT2D eigenvalue weighted by Crippen LogP contribution is 2.39. The SMILES string of the molecule is COc1ccnc(Oc2n[nH]c3nc(C4CC(F)C4)nc(N)c23)c1. The van der Waals surface area contributed by atoms with Crippen molar-refractivity contribution in [3.05, 3.63) is 24.2 Å². The number of alkyl halides is 1. The summed E-state index contributed by atoms with van der Waals surface area (Å²) < 4.78 is 23.8. The molecular weight excluding hydrogens is 315 g/mol. The van der Waals surface area contributed by atoms with Gasteiger partial charge >= 0.3 is 0 Å². The van der Waals surface area contributed by atoms with Crippen molar-refractivity contribution in [3.63, 3.8) is 0 Å². The Labute approximate surface area is 136 Å². The Hall–Kier alpha value is -2.97. The van der Waals surface area contributed by atoms with Crippen LogP contribution in [0.25, 0.3) is 11.0 Å². The third-order valence-corrected chi connectivity index (χ3v) is 4.02. The number of H-pyrrole nitrogens is 1. The molecule has 0 radical (unpaired) electrons. The molecule has 0 saturated heterocycles. The topological polar surface area (TPSA) is 112 Å². The highest BCUT2D eigenvalue weighted by atomic mass is 19.1. The first-order valence-corrected chi connectivity index (χ1v) is 7.47. The molecule has 0 atom stereocenters. The van der Waals surface area contributed by atoms with Crippen molar-refractivity contribution in [2.45, 2.75) is 24.9 Å². The van der Waals surface area contributed by atoms with Crippen molar-refractivity contribution in [1.29, 1.82) is 0 Å². The third kappa shape index (κ3) is 2.47. The molecule has 0 spiro atoms. The largest absolute Gasteiger partial charge is 0.497 e. The predicted molar refractivity (Wildman–Crippen MR) is 83.8 cm³/mol. The lowest BCUT2D eigenvalue weighted by Gasteiger charge is -2.28. The highest BCUT2D eigenvalue weighted by Gasteiger charge is 2.33. The molecule has 0 aromatic carbocycles. The molecule has 1 aliphatic rings. The zero-order chi connectivity index (χ0) is 16.7. The van der Waals surface area contributed by atoms with Crippen molar-refractivity contribution in [2.24, 2.45) is 0 Å². The van der Waals surface area contributed by atoms with Gasteiger partial charge in [-0.25, -0.2) is 19.3 Å². The van der Waals surface area contributed by atoms with E-state index in [1.165, 1.54) is 0 Å². The number of nitrogens with one attached hydrogen (secondary N) is 1. The van der Waals surface area contributed by atoms with E-state index in [9.17, 15) is 4.39 Å². The molecule has 124 valence electrons. The minimum absolute atomic E-state index is 0.000537. The number of methoxy groups -OCH3 is 1. The Bertz CT molecular complexity index is 893. The molecule has 9 heteroatoms. The van der Waals surface area contributed by atoms with Crippen LogP contribution < -0.4 is 15.2 Å². The number of nitrogen functional groups attached to an aromatic ring is 1. The molecule has 0 amide bonds. The minimum atomic E-state index is -0.782. The van der Waals surface area contributed by atoms with Crippen LogP contribution in [0.1, 0.15) is 24.6 Å². The first-order chi connectivity index (χ1) is 11.6. The van der Waals surface area contributed by atoms with Crippen LogP contribution in [0.2, 0.25) is 0 Å². The van der Waals surface area contributed by atoms with Gasteiger partial charge in [-0.3, -0.25) is 5.10 Å². The average molecular weight is 330 g/mol. The number of rotatable bonds is 4. The number of anilines is 1. The zero-order valence-corrected chi connectivity index (χ0v) is 12.9. The maximum atomic E-state index is 13.0. The van der Waals surface area contributed by atoms with E-state index >= 15 is 0 Å². The Balaban J connectivity index is 1.67. The standard InChI is InChI=1S/C15H15FN6O2/c1-23-9-2-3-18-10(6-9)24-15-11-12(17)19-13(7-4-8(16)5-7)20-14(11)21-22-15/h2-3,6-8H,4-5H2,1H3,(H3,17,19,20,21,22). The summed E-state index contributed by atoms with van der Waals surface area (Å²) in [4.78, 5) is 12.8. The van der Waals surface area contributed by atoms with Crippen LogP contribution in [-0.2, 0) is 0 Å². The summed E-state index contributed by atoms with van der Waals surface area (Å²) in [6, 6.07) is 3.33. The Morgan fingerprint density at radius 2 is 2.17 bits per heavy atom. The highest BCUT2D eigenvalue weighted by molar-refractivity contribution is 5.90. The minimum Gasteiger partial charge on any atom is -0.497 e. The summed E-state index contributed by atoms with van der Waals surface area (Å²) in [5.41, 5.74) is 6.49. The number of hydrogen-bond donors (Lipinski definition) is 2. The summed E-state index contributed by atoms with van der Waals surface area (Å²) in [6.07, 6.45) is 1.63.